The second kappa shape index (κ2) is 4.41. The molecule has 102 valence electrons. The predicted octanol–water partition coefficient (Wildman–Crippen LogP) is 2.77. The van der Waals surface area contributed by atoms with E-state index in [2.05, 4.69) is 5.18 Å². The van der Waals surface area contributed by atoms with E-state index >= 15 is 0 Å². The van der Waals surface area contributed by atoms with E-state index in [0.717, 1.165) is 6.07 Å². The van der Waals surface area contributed by atoms with Gasteiger partial charge in [0.05, 0.1) is 4.92 Å². The summed E-state index contributed by atoms with van der Waals surface area (Å²) in [5.41, 5.74) is -1.38. The highest BCUT2D eigenvalue weighted by Gasteiger charge is 2.37. The molecule has 21 heavy (non-hydrogen) atoms. The average Bonchev–Trinajstić information content (AvgIpc) is 2.51. The van der Waals surface area contributed by atoms with E-state index in [9.17, 15) is 24.6 Å². The van der Waals surface area contributed by atoms with Crippen LogP contribution in [0.4, 0.5) is 11.4 Å². The zero-order chi connectivity index (χ0) is 15.1. The molecule has 0 saturated carbocycles. The molecule has 0 heterocycles. The Balaban J connectivity index is 2.41. The number of hydrogen-bond acceptors (Lipinski definition) is 6. The Morgan fingerprint density at radius 1 is 0.905 bits per heavy atom. The first-order valence-corrected chi connectivity index (χ1v) is 5.89. The van der Waals surface area contributed by atoms with Gasteiger partial charge < -0.3 is 0 Å². The number of nitroso groups, excluding NO2 is 1. The number of nitrogens with zero attached hydrogens (tertiary/aromatic N) is 2. The monoisotopic (exact) mass is 282 g/mol. The van der Waals surface area contributed by atoms with Crippen LogP contribution < -0.4 is 0 Å². The SMILES string of the molecule is O=Nc1ccc2c(c1[N+](=O)[O-])C(=O)c1ccccc1C2=O. The molecule has 3 rings (SSSR count). The smallest absolute Gasteiger partial charge is 0.289 e. The summed E-state index contributed by atoms with van der Waals surface area (Å²) in [6.07, 6.45) is 0. The number of hydrogen-bond donors (Lipinski definition) is 0. The molecule has 0 spiro atoms. The molecule has 2 aromatic carbocycles. The maximum Gasteiger partial charge on any atom is 0.310 e. The lowest BCUT2D eigenvalue weighted by atomic mass is 9.83. The molecule has 0 aliphatic heterocycles. The van der Waals surface area contributed by atoms with E-state index in [1.54, 1.807) is 12.1 Å². The number of ketones is 2. The molecule has 1 aliphatic carbocycles. The van der Waals surface area contributed by atoms with Gasteiger partial charge in [0, 0.05) is 16.7 Å². The summed E-state index contributed by atoms with van der Waals surface area (Å²) in [5, 5.41) is 13.7. The van der Waals surface area contributed by atoms with Gasteiger partial charge in [-0.25, -0.2) is 0 Å². The maximum atomic E-state index is 12.4. The van der Waals surface area contributed by atoms with E-state index < -0.39 is 27.9 Å². The Kier molecular flexibility index (Phi) is 2.69. The quantitative estimate of drug-likeness (QED) is 0.408. The standard InChI is InChI=1S/C14H6N2O5/c17-13-7-3-1-2-4-8(7)14(18)11-9(13)5-6-10(15-19)12(11)16(20)21/h1-6H. The van der Waals surface area contributed by atoms with Gasteiger partial charge in [0.25, 0.3) is 0 Å². The number of nitro benzene ring substituents is 1. The zero-order valence-electron chi connectivity index (χ0n) is 10.4. The van der Waals surface area contributed by atoms with Crippen LogP contribution in [-0.2, 0) is 0 Å². The van der Waals surface area contributed by atoms with E-state index in [0.29, 0.717) is 0 Å². The first-order chi connectivity index (χ1) is 10.1. The van der Waals surface area contributed by atoms with Gasteiger partial charge in [0.1, 0.15) is 5.56 Å². The van der Waals surface area contributed by atoms with Crippen LogP contribution in [0.2, 0.25) is 0 Å². The zero-order valence-corrected chi connectivity index (χ0v) is 10.4. The van der Waals surface area contributed by atoms with Crippen molar-refractivity contribution >= 4 is 22.9 Å². The minimum Gasteiger partial charge on any atom is -0.289 e. The molecule has 0 fully saturated rings. The third kappa shape index (κ3) is 1.68. The molecule has 1 aliphatic rings. The van der Waals surface area contributed by atoms with Crippen molar-refractivity contribution in [3.63, 3.8) is 0 Å². The molecular weight excluding hydrogens is 276 g/mol. The molecule has 0 bridgehead atoms. The number of carbonyl (C=O) groups is 2. The van der Waals surface area contributed by atoms with Crippen LogP contribution in [0.5, 0.6) is 0 Å². The number of nitro groups is 1. The summed E-state index contributed by atoms with van der Waals surface area (Å²) in [4.78, 5) is 45.8. The third-order valence-corrected chi connectivity index (χ3v) is 3.33. The summed E-state index contributed by atoms with van der Waals surface area (Å²) in [7, 11) is 0. The van der Waals surface area contributed by atoms with Crippen LogP contribution in [0.25, 0.3) is 0 Å². The summed E-state index contributed by atoms with van der Waals surface area (Å²) in [6, 6.07) is 8.35. The molecule has 2 aromatic rings. The molecule has 7 nitrogen and oxygen atoms in total. The fourth-order valence-corrected chi connectivity index (χ4v) is 2.42. The van der Waals surface area contributed by atoms with Crippen LogP contribution >= 0.6 is 0 Å². The van der Waals surface area contributed by atoms with Gasteiger partial charge in [0.2, 0.25) is 5.78 Å². The van der Waals surface area contributed by atoms with Gasteiger partial charge in [-0.05, 0) is 17.3 Å². The fourth-order valence-electron chi connectivity index (χ4n) is 2.42. The number of fused-ring (bicyclic) bond motifs is 2. The number of rotatable bonds is 2. The Hall–Kier alpha value is -3.22. The van der Waals surface area contributed by atoms with Crippen molar-refractivity contribution < 1.29 is 14.5 Å². The lowest BCUT2D eigenvalue weighted by molar-refractivity contribution is -0.384. The molecule has 0 N–H and O–H groups in total. The molecule has 0 atom stereocenters. The second-order valence-electron chi connectivity index (χ2n) is 4.41. The van der Waals surface area contributed by atoms with Crippen LogP contribution in [-0.4, -0.2) is 16.5 Å². The molecule has 0 radical (unpaired) electrons. The van der Waals surface area contributed by atoms with Gasteiger partial charge >= 0.3 is 5.69 Å². The molecule has 0 aromatic heterocycles. The molecule has 7 heteroatoms. The lowest BCUT2D eigenvalue weighted by Gasteiger charge is -2.17. The molecule has 0 amide bonds. The fraction of sp³-hybridized carbons (Fsp3) is 0. The van der Waals surface area contributed by atoms with Crippen molar-refractivity contribution in [1.29, 1.82) is 0 Å². The highest BCUT2D eigenvalue weighted by molar-refractivity contribution is 6.30. The largest absolute Gasteiger partial charge is 0.310 e. The van der Waals surface area contributed by atoms with E-state index in [4.69, 9.17) is 0 Å². The van der Waals surface area contributed by atoms with Gasteiger partial charge in [-0.2, -0.15) is 0 Å². The van der Waals surface area contributed by atoms with Crippen molar-refractivity contribution in [2.24, 2.45) is 5.18 Å². The van der Waals surface area contributed by atoms with Crippen molar-refractivity contribution in [2.75, 3.05) is 0 Å². The van der Waals surface area contributed by atoms with Gasteiger partial charge in [-0.1, -0.05) is 24.3 Å². The van der Waals surface area contributed by atoms with E-state index in [1.807, 2.05) is 0 Å². The van der Waals surface area contributed by atoms with Crippen LogP contribution in [0.15, 0.2) is 41.6 Å². The van der Waals surface area contributed by atoms with Crippen molar-refractivity contribution in [3.8, 4) is 0 Å². The summed E-state index contributed by atoms with van der Waals surface area (Å²) in [5.74, 6) is -1.14. The summed E-state index contributed by atoms with van der Waals surface area (Å²) >= 11 is 0. The van der Waals surface area contributed by atoms with E-state index in [1.165, 1.54) is 18.2 Å². The first kappa shape index (κ1) is 12.8. The van der Waals surface area contributed by atoms with Crippen molar-refractivity contribution in [1.82, 2.24) is 0 Å². The Bertz CT molecular complexity index is 841. The topological polar surface area (TPSA) is 107 Å². The Morgan fingerprint density at radius 3 is 2.10 bits per heavy atom. The van der Waals surface area contributed by atoms with E-state index in [-0.39, 0.29) is 22.3 Å². The van der Waals surface area contributed by atoms with Gasteiger partial charge in [-0.3, -0.25) is 19.7 Å². The Morgan fingerprint density at radius 2 is 1.52 bits per heavy atom. The van der Waals surface area contributed by atoms with Crippen molar-refractivity contribution in [2.45, 2.75) is 0 Å². The summed E-state index contributed by atoms with van der Waals surface area (Å²) in [6.45, 7) is 0. The minimum absolute atomic E-state index is 0.0844. The maximum absolute atomic E-state index is 12.4. The average molecular weight is 282 g/mol. The third-order valence-electron chi connectivity index (χ3n) is 3.33. The Labute approximate surface area is 117 Å². The van der Waals surface area contributed by atoms with Crippen molar-refractivity contribution in [3.05, 3.63) is 73.7 Å². The molecule has 0 saturated heterocycles. The van der Waals surface area contributed by atoms with Crippen LogP contribution in [0.1, 0.15) is 31.8 Å². The minimum atomic E-state index is -0.866. The van der Waals surface area contributed by atoms with Gasteiger partial charge in [-0.15, -0.1) is 4.91 Å². The van der Waals surface area contributed by atoms with Crippen LogP contribution in [0, 0.1) is 15.0 Å². The molecular formula is C14H6N2O5. The predicted molar refractivity (Wildman–Crippen MR) is 71.9 cm³/mol. The number of benzene rings is 2. The highest BCUT2D eigenvalue weighted by atomic mass is 16.6. The highest BCUT2D eigenvalue weighted by Crippen LogP contribution is 2.38. The summed E-state index contributed by atoms with van der Waals surface area (Å²) < 4.78 is 0. The normalized spacial score (nSPS) is 12.6. The van der Waals surface area contributed by atoms with Gasteiger partial charge in [0.15, 0.2) is 11.5 Å². The second-order valence-corrected chi connectivity index (χ2v) is 4.41. The first-order valence-electron chi connectivity index (χ1n) is 5.89. The number of carbonyl (C=O) groups excluding carboxylic acids is 2. The lowest BCUT2D eigenvalue weighted by Crippen LogP contribution is -2.22. The van der Waals surface area contributed by atoms with Crippen LogP contribution in [0.3, 0.4) is 0 Å². The molecule has 0 unspecified atom stereocenters.